The average Bonchev–Trinajstić information content (AvgIpc) is 2.75. The zero-order valence-corrected chi connectivity index (χ0v) is 13.8. The van der Waals surface area contributed by atoms with Crippen LogP contribution >= 0.6 is 11.6 Å². The van der Waals surface area contributed by atoms with Gasteiger partial charge in [0.2, 0.25) is 0 Å². The minimum absolute atomic E-state index is 0.00354. The Morgan fingerprint density at radius 1 is 1.44 bits per heavy atom. The van der Waals surface area contributed by atoms with Crippen LogP contribution in [0.3, 0.4) is 0 Å². The van der Waals surface area contributed by atoms with Crippen molar-refractivity contribution in [3.05, 3.63) is 57.9 Å². The number of halogens is 3. The molecular formula is C17H12ClF2N3O2. The van der Waals surface area contributed by atoms with Gasteiger partial charge in [-0.3, -0.25) is 4.79 Å². The van der Waals surface area contributed by atoms with Gasteiger partial charge < -0.3 is 10.0 Å². The number of nitrogens with zero attached hydrogens (tertiary/aromatic N) is 3. The first-order valence-corrected chi connectivity index (χ1v) is 7.71. The first kappa shape index (κ1) is 17.3. The highest BCUT2D eigenvalue weighted by Crippen LogP contribution is 2.47. The topological polar surface area (TPSA) is 77.2 Å². The molecule has 8 heteroatoms. The molecule has 2 heterocycles. The summed E-state index contributed by atoms with van der Waals surface area (Å²) >= 11 is 5.83. The third-order valence-corrected chi connectivity index (χ3v) is 4.15. The van der Waals surface area contributed by atoms with Crippen molar-refractivity contribution in [1.29, 1.82) is 5.26 Å². The van der Waals surface area contributed by atoms with Crippen LogP contribution in [0.2, 0.25) is 5.15 Å². The molecule has 0 fully saturated rings. The Labute approximate surface area is 147 Å². The van der Waals surface area contributed by atoms with E-state index < -0.39 is 23.5 Å². The Balaban J connectivity index is 2.09. The maximum Gasteiger partial charge on any atom is 0.352 e. The molecule has 1 N–H and O–H groups in total. The Hall–Kier alpha value is -2.56. The summed E-state index contributed by atoms with van der Waals surface area (Å²) in [7, 11) is 0. The molecule has 1 aromatic carbocycles. The van der Waals surface area contributed by atoms with E-state index in [-0.39, 0.29) is 28.6 Å². The molecule has 3 rings (SSSR count). The largest absolute Gasteiger partial charge is 0.389 e. The Kier molecular flexibility index (Phi) is 4.19. The number of alkyl halides is 2. The van der Waals surface area contributed by atoms with Gasteiger partial charge in [-0.15, -0.1) is 0 Å². The normalized spacial score (nSPS) is 16.5. The van der Waals surface area contributed by atoms with Gasteiger partial charge >= 0.3 is 11.8 Å². The van der Waals surface area contributed by atoms with Gasteiger partial charge in [0.05, 0.1) is 23.9 Å². The Morgan fingerprint density at radius 2 is 2.16 bits per heavy atom. The first-order valence-electron chi connectivity index (χ1n) is 7.33. The lowest BCUT2D eigenvalue weighted by atomic mass is 9.98. The number of carbonyl (C=O) groups is 1. The molecule has 1 aromatic heterocycles. The summed E-state index contributed by atoms with van der Waals surface area (Å²) in [5, 5.41) is 18.7. The minimum atomic E-state index is -3.74. The number of hydrogen-bond acceptors (Lipinski definition) is 4. The van der Waals surface area contributed by atoms with Crippen LogP contribution in [0.25, 0.3) is 0 Å². The third kappa shape index (κ3) is 2.84. The fourth-order valence-corrected chi connectivity index (χ4v) is 3.13. The van der Waals surface area contributed by atoms with Gasteiger partial charge in [-0.25, -0.2) is 4.98 Å². The number of fused-ring (bicyclic) bond motifs is 1. The third-order valence-electron chi connectivity index (χ3n) is 3.95. The Bertz CT molecular complexity index is 909. The van der Waals surface area contributed by atoms with Crippen LogP contribution in [-0.2, 0) is 17.3 Å². The highest BCUT2D eigenvalue weighted by molar-refractivity contribution is 6.29. The molecule has 0 radical (unpaired) electrons. The summed E-state index contributed by atoms with van der Waals surface area (Å²) in [5.41, 5.74) is -0.0332. The van der Waals surface area contributed by atoms with Crippen molar-refractivity contribution in [2.75, 3.05) is 4.90 Å². The molecule has 0 bridgehead atoms. The molecule has 5 nitrogen and oxygen atoms in total. The van der Waals surface area contributed by atoms with Crippen LogP contribution < -0.4 is 4.90 Å². The molecule has 0 saturated heterocycles. The summed E-state index contributed by atoms with van der Waals surface area (Å²) in [4.78, 5) is 17.0. The average molecular weight is 364 g/mol. The molecule has 1 aliphatic rings. The number of aliphatic hydroxyl groups is 1. The Morgan fingerprint density at radius 3 is 2.80 bits per heavy atom. The van der Waals surface area contributed by atoms with Crippen molar-refractivity contribution in [2.24, 2.45) is 0 Å². The SMILES string of the molecule is C[C@H](O)c1cccc2c1C(F)(F)C(=O)N2Cc1cc(Cl)nc(C#N)c1. The molecule has 1 atom stereocenters. The molecular weight excluding hydrogens is 352 g/mol. The predicted octanol–water partition coefficient (Wildman–Crippen LogP) is 3.30. The van der Waals surface area contributed by atoms with E-state index in [2.05, 4.69) is 4.98 Å². The second-order valence-corrected chi connectivity index (χ2v) is 6.07. The standard InChI is InChI=1S/C17H12ClF2N3O2/c1-9(24)12-3-2-4-13-15(12)17(19,20)16(25)23(13)8-10-5-11(7-21)22-14(18)6-10/h2-6,9,24H,8H2,1H3/t9-/m0/s1. The highest BCUT2D eigenvalue weighted by atomic mass is 35.5. The summed E-state index contributed by atoms with van der Waals surface area (Å²) in [6.45, 7) is 1.17. The maximum atomic E-state index is 14.5. The van der Waals surface area contributed by atoms with E-state index in [0.717, 1.165) is 4.90 Å². The maximum absolute atomic E-state index is 14.5. The number of nitriles is 1. The molecule has 1 amide bonds. The van der Waals surface area contributed by atoms with E-state index in [1.807, 2.05) is 6.07 Å². The fourth-order valence-electron chi connectivity index (χ4n) is 2.90. The lowest BCUT2D eigenvalue weighted by molar-refractivity contribution is -0.141. The number of amides is 1. The van der Waals surface area contributed by atoms with Crippen LogP contribution in [0.5, 0.6) is 0 Å². The number of anilines is 1. The monoisotopic (exact) mass is 363 g/mol. The van der Waals surface area contributed by atoms with Crippen molar-refractivity contribution >= 4 is 23.2 Å². The second-order valence-electron chi connectivity index (χ2n) is 5.68. The number of pyridine rings is 1. The predicted molar refractivity (Wildman–Crippen MR) is 86.1 cm³/mol. The van der Waals surface area contributed by atoms with Crippen LogP contribution in [0.15, 0.2) is 30.3 Å². The van der Waals surface area contributed by atoms with E-state index in [1.165, 1.54) is 37.3 Å². The van der Waals surface area contributed by atoms with Crippen molar-refractivity contribution < 1.29 is 18.7 Å². The number of aromatic nitrogens is 1. The van der Waals surface area contributed by atoms with Gasteiger partial charge in [0.25, 0.3) is 0 Å². The van der Waals surface area contributed by atoms with Gasteiger partial charge in [-0.1, -0.05) is 23.7 Å². The molecule has 25 heavy (non-hydrogen) atoms. The molecule has 0 unspecified atom stereocenters. The zero-order chi connectivity index (χ0) is 18.4. The van der Waals surface area contributed by atoms with E-state index in [4.69, 9.17) is 16.9 Å². The number of hydrogen-bond donors (Lipinski definition) is 1. The summed E-state index contributed by atoms with van der Waals surface area (Å²) in [6, 6.07) is 8.88. The molecule has 0 saturated carbocycles. The molecule has 128 valence electrons. The highest BCUT2D eigenvalue weighted by Gasteiger charge is 2.54. The van der Waals surface area contributed by atoms with Gasteiger partial charge in [0.1, 0.15) is 16.9 Å². The van der Waals surface area contributed by atoms with Gasteiger partial charge in [-0.2, -0.15) is 14.0 Å². The van der Waals surface area contributed by atoms with Gasteiger partial charge in [0.15, 0.2) is 0 Å². The zero-order valence-electron chi connectivity index (χ0n) is 13.0. The molecule has 2 aromatic rings. The molecule has 0 spiro atoms. The van der Waals surface area contributed by atoms with Gasteiger partial charge in [-0.05, 0) is 36.2 Å². The summed E-state index contributed by atoms with van der Waals surface area (Å²) in [6.07, 6.45) is -1.14. The van der Waals surface area contributed by atoms with Crippen molar-refractivity contribution in [1.82, 2.24) is 4.98 Å². The van der Waals surface area contributed by atoms with Crippen LogP contribution in [0, 0.1) is 11.3 Å². The number of rotatable bonds is 3. The lowest BCUT2D eigenvalue weighted by Gasteiger charge is -2.18. The van der Waals surface area contributed by atoms with E-state index in [1.54, 1.807) is 0 Å². The first-order chi connectivity index (χ1) is 11.8. The van der Waals surface area contributed by atoms with E-state index in [9.17, 15) is 18.7 Å². The minimum Gasteiger partial charge on any atom is -0.389 e. The number of aliphatic hydroxyl groups excluding tert-OH is 1. The van der Waals surface area contributed by atoms with Crippen molar-refractivity contribution in [3.63, 3.8) is 0 Å². The van der Waals surface area contributed by atoms with Crippen molar-refractivity contribution in [2.45, 2.75) is 25.5 Å². The summed E-state index contributed by atoms with van der Waals surface area (Å²) < 4.78 is 29.1. The number of carbonyl (C=O) groups excluding carboxylic acids is 1. The van der Waals surface area contributed by atoms with Crippen LogP contribution in [-0.4, -0.2) is 16.0 Å². The van der Waals surface area contributed by atoms with Crippen LogP contribution in [0.4, 0.5) is 14.5 Å². The van der Waals surface area contributed by atoms with E-state index >= 15 is 0 Å². The number of benzene rings is 1. The second kappa shape index (κ2) is 6.06. The summed E-state index contributed by atoms with van der Waals surface area (Å²) in [5.74, 6) is -5.13. The van der Waals surface area contributed by atoms with Crippen molar-refractivity contribution in [3.8, 4) is 6.07 Å². The smallest absolute Gasteiger partial charge is 0.352 e. The molecule has 1 aliphatic heterocycles. The fraction of sp³-hybridized carbons (Fsp3) is 0.235. The molecule has 0 aliphatic carbocycles. The van der Waals surface area contributed by atoms with Crippen LogP contribution in [0.1, 0.15) is 35.4 Å². The lowest BCUT2D eigenvalue weighted by Crippen LogP contribution is -2.34. The van der Waals surface area contributed by atoms with E-state index in [0.29, 0.717) is 5.56 Å². The quantitative estimate of drug-likeness (QED) is 0.849. The van der Waals surface area contributed by atoms with Gasteiger partial charge in [0, 0.05) is 0 Å².